The topological polar surface area (TPSA) is 74.0 Å². The molecule has 1 N–H and O–H groups in total. The molecule has 0 atom stereocenters. The normalized spacial score (nSPS) is 13.6. The van der Waals surface area contributed by atoms with Crippen molar-refractivity contribution in [2.75, 3.05) is 13.1 Å². The van der Waals surface area contributed by atoms with E-state index >= 15 is 0 Å². The summed E-state index contributed by atoms with van der Waals surface area (Å²) < 4.78 is 28.6. The smallest absolute Gasteiger partial charge is 0.326 e. The zero-order chi connectivity index (χ0) is 25.9. The molecular weight excluding hydrogens is 496 g/mol. The molecule has 3 heterocycles. The summed E-state index contributed by atoms with van der Waals surface area (Å²) in [5, 5.41) is 13.6. The molecule has 0 unspecified atom stereocenters. The van der Waals surface area contributed by atoms with Crippen molar-refractivity contribution in [2.45, 2.75) is 19.5 Å². The van der Waals surface area contributed by atoms with Crippen LogP contribution in [0.15, 0.2) is 60.8 Å². The SMILES string of the molecule is N#Cc1ccc2c(c1)c1c(n2C(=O)NCc2ccnc(Cl)c2)CCN(CC=Cc2cc(F)cc(F)c2)C1. The highest BCUT2D eigenvalue weighted by atomic mass is 35.5. The first-order valence-electron chi connectivity index (χ1n) is 11.7. The number of nitriles is 1. The van der Waals surface area contributed by atoms with E-state index in [1.807, 2.05) is 12.1 Å². The van der Waals surface area contributed by atoms with Crippen molar-refractivity contribution >= 4 is 34.6 Å². The quantitative estimate of drug-likeness (QED) is 0.346. The van der Waals surface area contributed by atoms with Gasteiger partial charge in [0, 0.05) is 55.9 Å². The lowest BCUT2D eigenvalue weighted by atomic mass is 10.0. The average Bonchev–Trinajstić information content (AvgIpc) is 3.20. The maximum Gasteiger partial charge on any atom is 0.326 e. The molecule has 0 aliphatic carbocycles. The third-order valence-corrected chi connectivity index (χ3v) is 6.56. The first-order chi connectivity index (χ1) is 17.9. The number of fused-ring (bicyclic) bond motifs is 3. The molecule has 2 aromatic heterocycles. The molecule has 9 heteroatoms. The molecule has 1 aliphatic rings. The minimum Gasteiger partial charge on any atom is -0.333 e. The fourth-order valence-electron chi connectivity index (χ4n) is 4.69. The minimum atomic E-state index is -0.617. The van der Waals surface area contributed by atoms with E-state index in [0.717, 1.165) is 33.8 Å². The Morgan fingerprint density at radius 1 is 1.16 bits per heavy atom. The van der Waals surface area contributed by atoms with Crippen molar-refractivity contribution in [1.82, 2.24) is 19.8 Å². The van der Waals surface area contributed by atoms with Gasteiger partial charge in [0.1, 0.15) is 16.8 Å². The number of aromatic nitrogens is 2. The highest BCUT2D eigenvalue weighted by molar-refractivity contribution is 6.29. The summed E-state index contributed by atoms with van der Waals surface area (Å²) in [4.78, 5) is 19.5. The van der Waals surface area contributed by atoms with Crippen molar-refractivity contribution in [3.63, 3.8) is 0 Å². The van der Waals surface area contributed by atoms with Crippen molar-refractivity contribution in [2.24, 2.45) is 0 Å². The van der Waals surface area contributed by atoms with E-state index in [0.29, 0.717) is 48.9 Å². The molecule has 0 saturated carbocycles. The van der Waals surface area contributed by atoms with Crippen molar-refractivity contribution in [1.29, 1.82) is 5.26 Å². The number of nitrogens with one attached hydrogen (secondary N) is 1. The van der Waals surface area contributed by atoms with Gasteiger partial charge in [-0.1, -0.05) is 23.8 Å². The summed E-state index contributed by atoms with van der Waals surface area (Å²) >= 11 is 5.96. The molecule has 2 aromatic carbocycles. The number of benzene rings is 2. The molecule has 0 radical (unpaired) electrons. The van der Waals surface area contributed by atoms with Gasteiger partial charge < -0.3 is 5.32 Å². The van der Waals surface area contributed by atoms with Gasteiger partial charge in [0.05, 0.1) is 17.1 Å². The summed E-state index contributed by atoms with van der Waals surface area (Å²) in [7, 11) is 0. The number of hydrogen-bond acceptors (Lipinski definition) is 4. The lowest BCUT2D eigenvalue weighted by Gasteiger charge is -2.27. The van der Waals surface area contributed by atoms with Crippen molar-refractivity contribution in [3.8, 4) is 6.07 Å². The van der Waals surface area contributed by atoms with Gasteiger partial charge in [-0.15, -0.1) is 0 Å². The second-order valence-electron chi connectivity index (χ2n) is 8.84. The molecule has 6 nitrogen and oxygen atoms in total. The van der Waals surface area contributed by atoms with E-state index < -0.39 is 11.6 Å². The van der Waals surface area contributed by atoms with Gasteiger partial charge in [0.2, 0.25) is 0 Å². The van der Waals surface area contributed by atoms with E-state index in [-0.39, 0.29) is 6.03 Å². The van der Waals surface area contributed by atoms with E-state index in [9.17, 15) is 18.8 Å². The first-order valence-corrected chi connectivity index (χ1v) is 12.1. The summed E-state index contributed by atoms with van der Waals surface area (Å²) in [5.74, 6) is -1.23. The molecule has 186 valence electrons. The summed E-state index contributed by atoms with van der Waals surface area (Å²) in [6.45, 7) is 2.13. The van der Waals surface area contributed by atoms with Crippen LogP contribution in [0.5, 0.6) is 0 Å². The Morgan fingerprint density at radius 3 is 2.73 bits per heavy atom. The molecule has 0 spiro atoms. The Balaban J connectivity index is 1.39. The van der Waals surface area contributed by atoms with Gasteiger partial charge >= 0.3 is 6.03 Å². The van der Waals surface area contributed by atoms with E-state index in [2.05, 4.69) is 21.3 Å². The van der Waals surface area contributed by atoms with Gasteiger partial charge in [-0.2, -0.15) is 5.26 Å². The zero-order valence-corrected chi connectivity index (χ0v) is 20.5. The Kier molecular flexibility index (Phi) is 6.99. The molecule has 4 aromatic rings. The number of halogens is 3. The average molecular weight is 518 g/mol. The fraction of sp³-hybridized carbons (Fsp3) is 0.179. The third kappa shape index (κ3) is 5.38. The van der Waals surface area contributed by atoms with Gasteiger partial charge in [0.15, 0.2) is 0 Å². The Labute approximate surface area is 217 Å². The molecule has 5 rings (SSSR count). The number of hydrogen-bond donors (Lipinski definition) is 1. The van der Waals surface area contributed by atoms with Crippen LogP contribution in [0.3, 0.4) is 0 Å². The van der Waals surface area contributed by atoms with Crippen LogP contribution >= 0.6 is 11.6 Å². The van der Waals surface area contributed by atoms with Crippen molar-refractivity contribution in [3.05, 3.63) is 106 Å². The van der Waals surface area contributed by atoms with Crippen LogP contribution < -0.4 is 5.32 Å². The van der Waals surface area contributed by atoms with E-state index in [1.165, 1.54) is 12.1 Å². The number of nitrogens with zero attached hydrogens (tertiary/aromatic N) is 4. The monoisotopic (exact) mass is 517 g/mol. The number of rotatable bonds is 5. The van der Waals surface area contributed by atoms with Crippen LogP contribution in [-0.2, 0) is 19.5 Å². The van der Waals surface area contributed by atoms with Gasteiger partial charge in [-0.3, -0.25) is 9.47 Å². The van der Waals surface area contributed by atoms with Crippen molar-refractivity contribution < 1.29 is 13.6 Å². The lowest BCUT2D eigenvalue weighted by Crippen LogP contribution is -2.34. The highest BCUT2D eigenvalue weighted by Crippen LogP contribution is 2.31. The summed E-state index contributed by atoms with van der Waals surface area (Å²) in [6, 6.07) is 14.1. The maximum atomic E-state index is 13.5. The molecule has 0 fully saturated rings. The summed E-state index contributed by atoms with van der Waals surface area (Å²) in [5.41, 5.74) is 4.44. The Bertz CT molecular complexity index is 1550. The standard InChI is InChI=1S/C28H22ClF2N5O/c29-27-13-20(5-7-33-27)16-34-28(37)36-25-4-3-19(15-32)12-23(25)24-17-35(9-6-26(24)36)8-1-2-18-10-21(30)14-22(31)11-18/h1-5,7,10-14H,6,8-9,16-17H2,(H,34,37). The minimum absolute atomic E-state index is 0.259. The third-order valence-electron chi connectivity index (χ3n) is 6.35. The maximum absolute atomic E-state index is 13.5. The van der Waals surface area contributed by atoms with E-state index in [1.54, 1.807) is 41.1 Å². The predicted octanol–water partition coefficient (Wildman–Crippen LogP) is 5.67. The van der Waals surface area contributed by atoms with Gasteiger partial charge in [-0.05, 0) is 59.2 Å². The molecule has 0 bridgehead atoms. The number of pyridine rings is 1. The second-order valence-corrected chi connectivity index (χ2v) is 9.23. The Morgan fingerprint density at radius 2 is 1.97 bits per heavy atom. The molecule has 37 heavy (non-hydrogen) atoms. The first kappa shape index (κ1) is 24.6. The summed E-state index contributed by atoms with van der Waals surface area (Å²) in [6.07, 6.45) is 5.78. The van der Waals surface area contributed by atoms with Crippen LogP contribution in [0.25, 0.3) is 17.0 Å². The van der Waals surface area contributed by atoms with Gasteiger partial charge in [0.25, 0.3) is 0 Å². The van der Waals surface area contributed by atoms with Crippen LogP contribution in [-0.4, -0.2) is 33.6 Å². The van der Waals surface area contributed by atoms with Gasteiger partial charge in [-0.25, -0.2) is 18.6 Å². The fourth-order valence-corrected chi connectivity index (χ4v) is 4.89. The number of amides is 1. The highest BCUT2D eigenvalue weighted by Gasteiger charge is 2.26. The van der Waals surface area contributed by atoms with Crippen LogP contribution in [0.1, 0.15) is 27.9 Å². The van der Waals surface area contributed by atoms with Crippen LogP contribution in [0.4, 0.5) is 13.6 Å². The number of carbonyl (C=O) groups excluding carboxylic acids is 1. The zero-order valence-electron chi connectivity index (χ0n) is 19.7. The molecule has 0 saturated heterocycles. The molecule has 1 aliphatic heterocycles. The van der Waals surface area contributed by atoms with Crippen LogP contribution in [0, 0.1) is 23.0 Å². The van der Waals surface area contributed by atoms with Crippen LogP contribution in [0.2, 0.25) is 5.15 Å². The Hall–Kier alpha value is -4.06. The lowest BCUT2D eigenvalue weighted by molar-refractivity contribution is 0.240. The van der Waals surface area contributed by atoms with E-state index in [4.69, 9.17) is 11.6 Å². The number of carbonyl (C=O) groups is 1. The second kappa shape index (κ2) is 10.5. The molecule has 1 amide bonds. The predicted molar refractivity (Wildman–Crippen MR) is 138 cm³/mol. The largest absolute Gasteiger partial charge is 0.333 e. The molecular formula is C28H22ClF2N5O.